The highest BCUT2D eigenvalue weighted by atomic mass is 32.3. The van der Waals surface area contributed by atoms with Crippen LogP contribution in [0.15, 0.2) is 82.6 Å². The molecule has 5 N–H and O–H groups in total. The van der Waals surface area contributed by atoms with Crippen LogP contribution in [0, 0.1) is 0 Å². The standard InChI is InChI=1S/C31H35NO7S2/c33-22-32(27-6-4-5-23(19-27)9-14-30(34)35)31(15-2-1-3-16-31)21-24-7-10-25(11-8-24)26-12-13-28-29(20-26)41(38,39)18-17-40(28,36)37/h4-14,19-20,22,36-39H,1-3,15-18,21H2,(H,34,35)/b14-9+. The Hall–Kier alpha value is -3.12. The lowest BCUT2D eigenvalue weighted by Gasteiger charge is -2.46. The Morgan fingerprint density at radius 1 is 0.829 bits per heavy atom. The van der Waals surface area contributed by atoms with Crippen LogP contribution in [-0.4, -0.2) is 52.7 Å². The molecule has 5 rings (SSSR count). The fourth-order valence-corrected chi connectivity index (χ4v) is 10.4. The fraction of sp³-hybridized carbons (Fsp3) is 0.290. The third kappa shape index (κ3) is 6.23. The van der Waals surface area contributed by atoms with Crippen molar-refractivity contribution in [2.45, 2.75) is 53.9 Å². The van der Waals surface area contributed by atoms with Crippen molar-refractivity contribution >= 4 is 45.3 Å². The minimum atomic E-state index is -3.10. The van der Waals surface area contributed by atoms with Gasteiger partial charge in [-0.3, -0.25) is 23.0 Å². The summed E-state index contributed by atoms with van der Waals surface area (Å²) in [5, 5.41) is 9.00. The number of anilines is 1. The van der Waals surface area contributed by atoms with Crippen LogP contribution in [0.4, 0.5) is 5.69 Å². The summed E-state index contributed by atoms with van der Waals surface area (Å²) in [4.78, 5) is 25.8. The number of carbonyl (C=O) groups is 2. The Labute approximate surface area is 243 Å². The van der Waals surface area contributed by atoms with Gasteiger partial charge < -0.3 is 10.0 Å². The van der Waals surface area contributed by atoms with Gasteiger partial charge in [0.15, 0.2) is 0 Å². The Morgan fingerprint density at radius 3 is 2.15 bits per heavy atom. The van der Waals surface area contributed by atoms with Crippen molar-refractivity contribution < 1.29 is 32.9 Å². The molecule has 1 heterocycles. The molecule has 0 atom stereocenters. The molecule has 0 aromatic heterocycles. The van der Waals surface area contributed by atoms with Crippen molar-refractivity contribution in [1.82, 2.24) is 0 Å². The summed E-state index contributed by atoms with van der Waals surface area (Å²) in [7, 11) is -6.15. The lowest BCUT2D eigenvalue weighted by Crippen LogP contribution is -2.51. The van der Waals surface area contributed by atoms with Crippen LogP contribution in [-0.2, 0) is 16.0 Å². The summed E-state index contributed by atoms with van der Waals surface area (Å²) in [5.41, 5.74) is 3.67. The molecule has 1 saturated carbocycles. The Kier molecular flexibility index (Phi) is 8.34. The number of aliphatic carboxylic acids is 1. The summed E-state index contributed by atoms with van der Waals surface area (Å²) in [5.74, 6) is -1.16. The zero-order valence-electron chi connectivity index (χ0n) is 22.6. The van der Waals surface area contributed by atoms with Gasteiger partial charge >= 0.3 is 5.97 Å². The lowest BCUT2D eigenvalue weighted by molar-refractivity contribution is -0.131. The molecule has 3 aromatic rings. The van der Waals surface area contributed by atoms with Gasteiger partial charge in [0.2, 0.25) is 6.41 Å². The van der Waals surface area contributed by atoms with E-state index in [1.165, 1.54) is 6.08 Å². The predicted octanol–water partition coefficient (Wildman–Crippen LogP) is 7.59. The van der Waals surface area contributed by atoms with Crippen molar-refractivity contribution in [2.24, 2.45) is 0 Å². The molecule has 0 radical (unpaired) electrons. The number of fused-ring (bicyclic) bond motifs is 1. The first-order valence-electron chi connectivity index (χ1n) is 13.5. The molecule has 0 saturated heterocycles. The second-order valence-corrected chi connectivity index (χ2v) is 15.2. The van der Waals surface area contributed by atoms with E-state index in [1.807, 2.05) is 47.4 Å². The van der Waals surface area contributed by atoms with Crippen LogP contribution in [0.5, 0.6) is 0 Å². The first kappa shape index (κ1) is 29.4. The topological polar surface area (TPSA) is 139 Å². The van der Waals surface area contributed by atoms with Gasteiger partial charge in [-0.2, -0.15) is 21.2 Å². The smallest absolute Gasteiger partial charge is 0.328 e. The van der Waals surface area contributed by atoms with E-state index in [4.69, 9.17) is 5.11 Å². The molecule has 218 valence electrons. The van der Waals surface area contributed by atoms with Gasteiger partial charge in [-0.05, 0) is 71.9 Å². The minimum absolute atomic E-state index is 0.0563. The highest BCUT2D eigenvalue weighted by Gasteiger charge is 2.39. The average molecular weight is 598 g/mol. The lowest BCUT2D eigenvalue weighted by atomic mass is 9.76. The summed E-state index contributed by atoms with van der Waals surface area (Å²) in [6, 6.07) is 20.3. The van der Waals surface area contributed by atoms with E-state index in [9.17, 15) is 27.8 Å². The maximum atomic E-state index is 12.6. The number of hydrogen-bond donors (Lipinski definition) is 5. The molecule has 0 bridgehead atoms. The van der Waals surface area contributed by atoms with Crippen LogP contribution < -0.4 is 4.90 Å². The van der Waals surface area contributed by atoms with Crippen molar-refractivity contribution in [3.05, 3.63) is 83.9 Å². The molecule has 0 unspecified atom stereocenters. The van der Waals surface area contributed by atoms with E-state index in [-0.39, 0.29) is 21.3 Å². The number of carboxylic acids is 1. The van der Waals surface area contributed by atoms with E-state index < -0.39 is 32.7 Å². The molecular formula is C31H35NO7S2. The summed E-state index contributed by atoms with van der Waals surface area (Å²) < 4.78 is 42.0. The monoisotopic (exact) mass is 597 g/mol. The van der Waals surface area contributed by atoms with E-state index in [2.05, 4.69) is 0 Å². The van der Waals surface area contributed by atoms with Crippen LogP contribution in [0.3, 0.4) is 0 Å². The summed E-state index contributed by atoms with van der Waals surface area (Å²) >= 11 is 0. The van der Waals surface area contributed by atoms with Crippen LogP contribution >= 0.6 is 21.2 Å². The van der Waals surface area contributed by atoms with Gasteiger partial charge in [0.25, 0.3) is 0 Å². The van der Waals surface area contributed by atoms with E-state index in [0.29, 0.717) is 12.0 Å². The average Bonchev–Trinajstić information content (AvgIpc) is 2.96. The molecule has 2 aliphatic rings. The SMILES string of the molecule is O=CN(c1cccc(/C=C/C(=O)O)c1)C1(Cc2ccc(-c3ccc4c(c3)S(O)(O)CCS4(O)O)cc2)CCCCC1. The molecular weight excluding hydrogens is 562 g/mol. The molecule has 1 aliphatic heterocycles. The van der Waals surface area contributed by atoms with E-state index in [0.717, 1.165) is 67.0 Å². The number of carbonyl (C=O) groups excluding carboxylic acids is 1. The first-order chi connectivity index (χ1) is 19.5. The normalized spacial score (nSPS) is 20.5. The second-order valence-electron chi connectivity index (χ2n) is 10.8. The van der Waals surface area contributed by atoms with E-state index in [1.54, 1.807) is 24.3 Å². The number of hydrogen-bond acceptors (Lipinski definition) is 6. The van der Waals surface area contributed by atoms with Crippen LogP contribution in [0.1, 0.15) is 43.2 Å². The van der Waals surface area contributed by atoms with Gasteiger partial charge in [0.05, 0.1) is 26.8 Å². The number of nitrogens with zero attached hydrogens (tertiary/aromatic N) is 1. The van der Waals surface area contributed by atoms with Crippen LogP contribution in [0.2, 0.25) is 0 Å². The number of rotatable bonds is 8. The Morgan fingerprint density at radius 2 is 1.49 bits per heavy atom. The number of benzene rings is 3. The first-order valence-corrected chi connectivity index (χ1v) is 17.0. The highest BCUT2D eigenvalue weighted by molar-refractivity contribution is 8.30. The maximum Gasteiger partial charge on any atom is 0.328 e. The van der Waals surface area contributed by atoms with E-state index >= 15 is 0 Å². The zero-order chi connectivity index (χ0) is 29.3. The summed E-state index contributed by atoms with van der Waals surface area (Å²) in [6.07, 6.45) is 8.93. The van der Waals surface area contributed by atoms with Crippen molar-refractivity contribution in [3.8, 4) is 11.1 Å². The van der Waals surface area contributed by atoms with Gasteiger partial charge in [-0.25, -0.2) is 4.79 Å². The van der Waals surface area contributed by atoms with Crippen molar-refractivity contribution in [2.75, 3.05) is 16.4 Å². The third-order valence-corrected chi connectivity index (χ3v) is 12.1. The number of carboxylic acid groups (broad SMARTS) is 1. The molecule has 10 heteroatoms. The van der Waals surface area contributed by atoms with Gasteiger partial charge in [-0.1, -0.05) is 61.7 Å². The highest BCUT2D eigenvalue weighted by Crippen LogP contribution is 2.65. The molecule has 41 heavy (non-hydrogen) atoms. The van der Waals surface area contributed by atoms with Gasteiger partial charge in [0, 0.05) is 11.8 Å². The Balaban J connectivity index is 1.43. The Bertz CT molecular complexity index is 1460. The molecule has 1 amide bonds. The predicted molar refractivity (Wildman–Crippen MR) is 165 cm³/mol. The van der Waals surface area contributed by atoms with Gasteiger partial charge in [-0.15, -0.1) is 0 Å². The van der Waals surface area contributed by atoms with Gasteiger partial charge in [0.1, 0.15) is 0 Å². The molecule has 1 aliphatic carbocycles. The molecule has 0 spiro atoms. The summed E-state index contributed by atoms with van der Waals surface area (Å²) in [6.45, 7) is 0. The molecule has 3 aromatic carbocycles. The minimum Gasteiger partial charge on any atom is -0.478 e. The maximum absolute atomic E-state index is 12.6. The largest absolute Gasteiger partial charge is 0.478 e. The fourth-order valence-electron chi connectivity index (χ4n) is 5.97. The second kappa shape index (κ2) is 11.6. The van der Waals surface area contributed by atoms with Crippen molar-refractivity contribution in [1.29, 1.82) is 0 Å². The third-order valence-electron chi connectivity index (χ3n) is 8.09. The van der Waals surface area contributed by atoms with Crippen molar-refractivity contribution in [3.63, 3.8) is 0 Å². The molecule has 1 fully saturated rings. The molecule has 8 nitrogen and oxygen atoms in total. The number of amides is 1. The zero-order valence-corrected chi connectivity index (χ0v) is 24.2. The van der Waals surface area contributed by atoms with Crippen LogP contribution in [0.25, 0.3) is 17.2 Å². The quantitative estimate of drug-likeness (QED) is 0.133.